The van der Waals surface area contributed by atoms with E-state index in [0.717, 1.165) is 0 Å². The SMILES string of the molecule is Cc1cc(C(F)F)nn1C(C)C(=O)Nc1ccc(S(=O)(=O)N2CCOCC2)cc1. The van der Waals surface area contributed by atoms with Crippen LogP contribution in [0.15, 0.2) is 35.2 Å². The second-order valence-electron chi connectivity index (χ2n) is 6.66. The third-order valence-electron chi connectivity index (χ3n) is 4.64. The molecule has 1 unspecified atom stereocenters. The smallest absolute Gasteiger partial charge is 0.282 e. The molecule has 1 aliphatic heterocycles. The maximum Gasteiger partial charge on any atom is 0.282 e. The second kappa shape index (κ2) is 8.56. The molecule has 2 heterocycles. The van der Waals surface area contributed by atoms with Gasteiger partial charge in [-0.1, -0.05) is 0 Å². The zero-order chi connectivity index (χ0) is 21.2. The third kappa shape index (κ3) is 4.62. The minimum atomic E-state index is -3.62. The van der Waals surface area contributed by atoms with Crippen molar-refractivity contribution in [2.45, 2.75) is 31.2 Å². The molecule has 1 atom stereocenters. The summed E-state index contributed by atoms with van der Waals surface area (Å²) in [5, 5.41) is 6.43. The van der Waals surface area contributed by atoms with Crippen molar-refractivity contribution in [1.29, 1.82) is 0 Å². The number of anilines is 1. The minimum Gasteiger partial charge on any atom is -0.379 e. The number of halogens is 2. The van der Waals surface area contributed by atoms with E-state index in [2.05, 4.69) is 10.4 Å². The summed E-state index contributed by atoms with van der Waals surface area (Å²) in [6, 6.07) is 6.22. The maximum absolute atomic E-state index is 12.8. The number of hydrogen-bond donors (Lipinski definition) is 1. The van der Waals surface area contributed by atoms with E-state index in [4.69, 9.17) is 4.74 Å². The highest BCUT2D eigenvalue weighted by Gasteiger charge is 2.26. The molecule has 1 N–H and O–H groups in total. The molecular weight excluding hydrogens is 406 g/mol. The average Bonchev–Trinajstić information content (AvgIpc) is 3.10. The number of nitrogens with one attached hydrogen (secondary N) is 1. The topological polar surface area (TPSA) is 93.5 Å². The van der Waals surface area contributed by atoms with E-state index in [9.17, 15) is 22.0 Å². The largest absolute Gasteiger partial charge is 0.379 e. The third-order valence-corrected chi connectivity index (χ3v) is 6.55. The molecule has 0 spiro atoms. The van der Waals surface area contributed by atoms with Crippen LogP contribution >= 0.6 is 0 Å². The zero-order valence-electron chi connectivity index (χ0n) is 16.0. The molecule has 3 rings (SSSR count). The summed E-state index contributed by atoms with van der Waals surface area (Å²) in [7, 11) is -3.62. The predicted molar refractivity (Wildman–Crippen MR) is 101 cm³/mol. The highest BCUT2D eigenvalue weighted by atomic mass is 32.2. The van der Waals surface area contributed by atoms with E-state index in [1.54, 1.807) is 13.8 Å². The molecular formula is C18H22F2N4O4S. The summed E-state index contributed by atoms with van der Waals surface area (Å²) in [6.45, 7) is 4.43. The normalized spacial score (nSPS) is 16.7. The Morgan fingerprint density at radius 3 is 2.38 bits per heavy atom. The van der Waals surface area contributed by atoms with Gasteiger partial charge in [-0.3, -0.25) is 9.48 Å². The number of carbonyl (C=O) groups excluding carboxylic acids is 1. The predicted octanol–water partition coefficient (Wildman–Crippen LogP) is 2.35. The Morgan fingerprint density at radius 1 is 1.21 bits per heavy atom. The van der Waals surface area contributed by atoms with Crippen LogP contribution in [0.25, 0.3) is 0 Å². The Morgan fingerprint density at radius 2 is 1.83 bits per heavy atom. The molecule has 1 aromatic carbocycles. The number of sulfonamides is 1. The van der Waals surface area contributed by atoms with Crippen molar-refractivity contribution < 1.29 is 26.7 Å². The molecule has 2 aromatic rings. The van der Waals surface area contributed by atoms with E-state index in [0.29, 0.717) is 37.7 Å². The van der Waals surface area contributed by atoms with Gasteiger partial charge in [0.05, 0.1) is 18.1 Å². The molecule has 0 bridgehead atoms. The van der Waals surface area contributed by atoms with Crippen LogP contribution in [0.4, 0.5) is 14.5 Å². The van der Waals surface area contributed by atoms with Crippen LogP contribution in [0.2, 0.25) is 0 Å². The monoisotopic (exact) mass is 428 g/mol. The number of rotatable bonds is 6. The van der Waals surface area contributed by atoms with Crippen LogP contribution in [0.5, 0.6) is 0 Å². The first-order valence-electron chi connectivity index (χ1n) is 9.03. The quantitative estimate of drug-likeness (QED) is 0.762. The van der Waals surface area contributed by atoms with E-state index in [-0.39, 0.29) is 10.6 Å². The Balaban J connectivity index is 1.70. The molecule has 1 aromatic heterocycles. The van der Waals surface area contributed by atoms with Gasteiger partial charge in [0.25, 0.3) is 6.43 Å². The van der Waals surface area contributed by atoms with E-state index >= 15 is 0 Å². The Bertz CT molecular complexity index is 970. The number of amides is 1. The molecule has 1 aliphatic rings. The summed E-state index contributed by atoms with van der Waals surface area (Å²) in [6.07, 6.45) is -2.72. The maximum atomic E-state index is 12.8. The summed E-state index contributed by atoms with van der Waals surface area (Å²) < 4.78 is 58.6. The Hall–Kier alpha value is -2.37. The van der Waals surface area contributed by atoms with Crippen LogP contribution < -0.4 is 5.32 Å². The van der Waals surface area contributed by atoms with Crippen molar-refractivity contribution in [2.75, 3.05) is 31.6 Å². The van der Waals surface area contributed by atoms with Gasteiger partial charge in [0.1, 0.15) is 11.7 Å². The van der Waals surface area contributed by atoms with Crippen LogP contribution in [0.1, 0.15) is 30.8 Å². The lowest BCUT2D eigenvalue weighted by Gasteiger charge is -2.26. The van der Waals surface area contributed by atoms with Crippen molar-refractivity contribution in [1.82, 2.24) is 14.1 Å². The van der Waals surface area contributed by atoms with Gasteiger partial charge in [0.15, 0.2) is 0 Å². The van der Waals surface area contributed by atoms with Crippen molar-refractivity contribution in [3.63, 3.8) is 0 Å². The first-order chi connectivity index (χ1) is 13.7. The van der Waals surface area contributed by atoms with Crippen LogP contribution in [-0.2, 0) is 19.6 Å². The van der Waals surface area contributed by atoms with Gasteiger partial charge in [0.2, 0.25) is 15.9 Å². The fourth-order valence-electron chi connectivity index (χ4n) is 3.02. The second-order valence-corrected chi connectivity index (χ2v) is 8.60. The van der Waals surface area contributed by atoms with Gasteiger partial charge in [0, 0.05) is 24.5 Å². The average molecular weight is 428 g/mol. The fraction of sp³-hybridized carbons (Fsp3) is 0.444. The molecule has 0 aliphatic carbocycles. The van der Waals surface area contributed by atoms with Crippen LogP contribution in [-0.4, -0.2) is 54.7 Å². The number of alkyl halides is 2. The highest BCUT2D eigenvalue weighted by molar-refractivity contribution is 7.89. The number of nitrogens with zero attached hydrogens (tertiary/aromatic N) is 3. The summed E-state index contributed by atoms with van der Waals surface area (Å²) in [4.78, 5) is 12.6. The highest BCUT2D eigenvalue weighted by Crippen LogP contribution is 2.22. The van der Waals surface area contributed by atoms with Gasteiger partial charge in [-0.25, -0.2) is 17.2 Å². The number of aryl methyl sites for hydroxylation is 1. The summed E-state index contributed by atoms with van der Waals surface area (Å²) in [5.41, 5.74) is 0.441. The lowest BCUT2D eigenvalue weighted by molar-refractivity contribution is -0.119. The molecule has 0 saturated carbocycles. The molecule has 158 valence electrons. The Labute approximate surface area is 167 Å². The number of hydrogen-bond acceptors (Lipinski definition) is 5. The van der Waals surface area contributed by atoms with E-state index < -0.39 is 28.4 Å². The Kier molecular flexibility index (Phi) is 6.30. The number of aromatic nitrogens is 2. The standard InChI is InChI=1S/C18H22F2N4O4S/c1-12-11-16(17(19)20)22-24(12)13(2)18(25)21-14-3-5-15(6-4-14)29(26,27)23-7-9-28-10-8-23/h3-6,11,13,17H,7-10H2,1-2H3,(H,21,25). The van der Waals surface area contributed by atoms with Crippen molar-refractivity contribution in [3.8, 4) is 0 Å². The van der Waals surface area contributed by atoms with Crippen LogP contribution in [0.3, 0.4) is 0 Å². The van der Waals surface area contributed by atoms with Gasteiger partial charge in [-0.05, 0) is 44.2 Å². The molecule has 0 radical (unpaired) electrons. The number of morpholine rings is 1. The summed E-state index contributed by atoms with van der Waals surface area (Å²) >= 11 is 0. The van der Waals surface area contributed by atoms with Gasteiger partial charge >= 0.3 is 0 Å². The molecule has 1 amide bonds. The molecule has 1 fully saturated rings. The lowest BCUT2D eigenvalue weighted by atomic mass is 10.2. The zero-order valence-corrected chi connectivity index (χ0v) is 16.8. The van der Waals surface area contributed by atoms with Crippen molar-refractivity contribution >= 4 is 21.6 Å². The van der Waals surface area contributed by atoms with Gasteiger partial charge in [-0.15, -0.1) is 0 Å². The molecule has 8 nitrogen and oxygen atoms in total. The van der Waals surface area contributed by atoms with Gasteiger partial charge < -0.3 is 10.1 Å². The van der Waals surface area contributed by atoms with Crippen molar-refractivity contribution in [2.24, 2.45) is 0 Å². The number of carbonyl (C=O) groups is 1. The van der Waals surface area contributed by atoms with E-state index in [1.165, 1.54) is 39.3 Å². The fourth-order valence-corrected chi connectivity index (χ4v) is 4.42. The minimum absolute atomic E-state index is 0.120. The van der Waals surface area contributed by atoms with Crippen molar-refractivity contribution in [3.05, 3.63) is 41.7 Å². The number of ether oxygens (including phenoxy) is 1. The molecule has 29 heavy (non-hydrogen) atoms. The molecule has 1 saturated heterocycles. The molecule has 11 heteroatoms. The lowest BCUT2D eigenvalue weighted by Crippen LogP contribution is -2.40. The van der Waals surface area contributed by atoms with Gasteiger partial charge in [-0.2, -0.15) is 9.40 Å². The first-order valence-corrected chi connectivity index (χ1v) is 10.5. The van der Waals surface area contributed by atoms with E-state index in [1.807, 2.05) is 0 Å². The van der Waals surface area contributed by atoms with Crippen LogP contribution in [0, 0.1) is 6.92 Å². The number of benzene rings is 1. The first kappa shape index (κ1) is 21.3. The summed E-state index contributed by atoms with van der Waals surface area (Å²) in [5.74, 6) is -0.458.